The molecule has 2 rings (SSSR count). The average molecular weight is 265 g/mol. The number of hydrogen-bond acceptors (Lipinski definition) is 3. The van der Waals surface area contributed by atoms with Crippen molar-refractivity contribution in [3.8, 4) is 0 Å². The molecule has 1 aliphatic rings. The Morgan fingerprint density at radius 2 is 2.00 bits per heavy atom. The third kappa shape index (κ3) is 3.25. The largest absolute Gasteiger partial charge is 0.369 e. The van der Waals surface area contributed by atoms with E-state index in [2.05, 4.69) is 29.2 Å². The van der Waals surface area contributed by atoms with Gasteiger partial charge in [0.2, 0.25) is 0 Å². The SMILES string of the molecule is CNCc1cccc(F)c1N1CCC(N(C)C)CC1. The topological polar surface area (TPSA) is 18.5 Å². The van der Waals surface area contributed by atoms with Crippen LogP contribution in [0.1, 0.15) is 18.4 Å². The average Bonchev–Trinajstić information content (AvgIpc) is 2.39. The molecule has 0 saturated carbocycles. The van der Waals surface area contributed by atoms with Crippen LogP contribution in [0.5, 0.6) is 0 Å². The first kappa shape index (κ1) is 14.3. The highest BCUT2D eigenvalue weighted by atomic mass is 19.1. The molecule has 0 radical (unpaired) electrons. The van der Waals surface area contributed by atoms with E-state index < -0.39 is 0 Å². The summed E-state index contributed by atoms with van der Waals surface area (Å²) in [5.41, 5.74) is 1.83. The van der Waals surface area contributed by atoms with Crippen LogP contribution in [0.15, 0.2) is 18.2 Å². The quantitative estimate of drug-likeness (QED) is 0.899. The maximum atomic E-state index is 14.1. The molecular formula is C15H24FN3. The minimum absolute atomic E-state index is 0.101. The Kier molecular flexibility index (Phi) is 4.77. The Morgan fingerprint density at radius 3 is 2.58 bits per heavy atom. The molecule has 0 amide bonds. The number of halogens is 1. The highest BCUT2D eigenvalue weighted by molar-refractivity contribution is 5.55. The molecule has 1 aromatic rings. The van der Waals surface area contributed by atoms with Crippen molar-refractivity contribution in [2.45, 2.75) is 25.4 Å². The lowest BCUT2D eigenvalue weighted by molar-refractivity contribution is 0.249. The lowest BCUT2D eigenvalue weighted by atomic mass is 10.0. The molecule has 1 N–H and O–H groups in total. The van der Waals surface area contributed by atoms with Crippen molar-refractivity contribution < 1.29 is 4.39 Å². The second kappa shape index (κ2) is 6.35. The number of rotatable bonds is 4. The normalized spacial score (nSPS) is 17.2. The summed E-state index contributed by atoms with van der Waals surface area (Å²) < 4.78 is 14.1. The fraction of sp³-hybridized carbons (Fsp3) is 0.600. The third-order valence-corrected chi connectivity index (χ3v) is 3.95. The smallest absolute Gasteiger partial charge is 0.146 e. The zero-order valence-electron chi connectivity index (χ0n) is 12.1. The fourth-order valence-electron chi connectivity index (χ4n) is 2.85. The number of benzene rings is 1. The number of anilines is 1. The molecule has 0 spiro atoms. The van der Waals surface area contributed by atoms with Crippen LogP contribution in [-0.4, -0.2) is 45.2 Å². The zero-order valence-corrected chi connectivity index (χ0v) is 12.1. The van der Waals surface area contributed by atoms with E-state index in [4.69, 9.17) is 0 Å². The maximum absolute atomic E-state index is 14.1. The summed E-state index contributed by atoms with van der Waals surface area (Å²) in [6.07, 6.45) is 2.20. The van der Waals surface area contributed by atoms with Gasteiger partial charge >= 0.3 is 0 Å². The Balaban J connectivity index is 2.14. The molecule has 1 saturated heterocycles. The van der Waals surface area contributed by atoms with Gasteiger partial charge in [0, 0.05) is 25.7 Å². The summed E-state index contributed by atoms with van der Waals surface area (Å²) in [6.45, 7) is 2.57. The maximum Gasteiger partial charge on any atom is 0.146 e. The van der Waals surface area contributed by atoms with Gasteiger partial charge in [0.05, 0.1) is 5.69 Å². The molecular weight excluding hydrogens is 241 g/mol. The first-order valence-electron chi connectivity index (χ1n) is 6.97. The molecule has 0 atom stereocenters. The van der Waals surface area contributed by atoms with Crippen LogP contribution in [-0.2, 0) is 6.54 Å². The van der Waals surface area contributed by atoms with Crippen LogP contribution in [0.3, 0.4) is 0 Å². The van der Waals surface area contributed by atoms with E-state index in [1.807, 2.05) is 13.1 Å². The van der Waals surface area contributed by atoms with Crippen LogP contribution in [0.2, 0.25) is 0 Å². The Labute approximate surface area is 115 Å². The number of nitrogens with zero attached hydrogens (tertiary/aromatic N) is 2. The van der Waals surface area contributed by atoms with Crippen molar-refractivity contribution in [1.29, 1.82) is 0 Å². The molecule has 1 aromatic carbocycles. The number of piperidine rings is 1. The summed E-state index contributed by atoms with van der Waals surface area (Å²) in [5, 5.41) is 3.12. The van der Waals surface area contributed by atoms with Gasteiger partial charge in [0.1, 0.15) is 5.82 Å². The molecule has 0 bridgehead atoms. The lowest BCUT2D eigenvalue weighted by Gasteiger charge is -2.37. The molecule has 1 aliphatic heterocycles. The lowest BCUT2D eigenvalue weighted by Crippen LogP contribution is -2.42. The second-order valence-electron chi connectivity index (χ2n) is 5.46. The van der Waals surface area contributed by atoms with Crippen molar-refractivity contribution in [2.75, 3.05) is 39.1 Å². The van der Waals surface area contributed by atoms with Gasteiger partial charge < -0.3 is 15.1 Å². The van der Waals surface area contributed by atoms with Crippen LogP contribution in [0.25, 0.3) is 0 Å². The van der Waals surface area contributed by atoms with Gasteiger partial charge in [-0.25, -0.2) is 4.39 Å². The predicted molar refractivity (Wildman–Crippen MR) is 78.1 cm³/mol. The summed E-state index contributed by atoms with van der Waals surface area (Å²) in [4.78, 5) is 4.47. The standard InChI is InChI=1S/C15H24FN3/c1-17-11-12-5-4-6-14(16)15(12)19-9-7-13(8-10-19)18(2)3/h4-6,13,17H,7-11H2,1-3H3. The fourth-order valence-corrected chi connectivity index (χ4v) is 2.85. The highest BCUT2D eigenvalue weighted by Gasteiger charge is 2.23. The van der Waals surface area contributed by atoms with Gasteiger partial charge in [0.15, 0.2) is 0 Å². The van der Waals surface area contributed by atoms with E-state index in [-0.39, 0.29) is 5.82 Å². The van der Waals surface area contributed by atoms with Crippen LogP contribution in [0, 0.1) is 5.82 Å². The van der Waals surface area contributed by atoms with Crippen molar-refractivity contribution in [3.05, 3.63) is 29.6 Å². The molecule has 0 unspecified atom stereocenters. The van der Waals surface area contributed by atoms with Crippen molar-refractivity contribution >= 4 is 5.69 Å². The van der Waals surface area contributed by atoms with Gasteiger partial charge in [-0.05, 0) is 45.6 Å². The van der Waals surface area contributed by atoms with Crippen molar-refractivity contribution in [1.82, 2.24) is 10.2 Å². The predicted octanol–water partition coefficient (Wildman–Crippen LogP) is 2.08. The number of nitrogens with one attached hydrogen (secondary N) is 1. The summed E-state index contributed by atoms with van der Waals surface area (Å²) in [5.74, 6) is -0.101. The number of hydrogen-bond donors (Lipinski definition) is 1. The van der Waals surface area contributed by atoms with Gasteiger partial charge in [0.25, 0.3) is 0 Å². The Bertz CT molecular complexity index is 412. The van der Waals surface area contributed by atoms with E-state index in [0.29, 0.717) is 12.6 Å². The van der Waals surface area contributed by atoms with Crippen molar-refractivity contribution in [3.63, 3.8) is 0 Å². The van der Waals surface area contributed by atoms with E-state index in [1.165, 1.54) is 0 Å². The molecule has 1 fully saturated rings. The minimum atomic E-state index is -0.101. The van der Waals surface area contributed by atoms with E-state index in [0.717, 1.165) is 37.2 Å². The Morgan fingerprint density at radius 1 is 1.32 bits per heavy atom. The van der Waals surface area contributed by atoms with Gasteiger partial charge in [-0.15, -0.1) is 0 Å². The summed E-state index contributed by atoms with van der Waals surface area (Å²) in [6, 6.07) is 5.98. The monoisotopic (exact) mass is 265 g/mol. The molecule has 106 valence electrons. The molecule has 3 nitrogen and oxygen atoms in total. The first-order valence-corrected chi connectivity index (χ1v) is 6.97. The Hall–Kier alpha value is -1.13. The van der Waals surface area contributed by atoms with Crippen LogP contribution < -0.4 is 10.2 Å². The molecule has 0 aliphatic carbocycles. The van der Waals surface area contributed by atoms with Gasteiger partial charge in [-0.3, -0.25) is 0 Å². The van der Waals surface area contributed by atoms with Gasteiger partial charge in [-0.1, -0.05) is 12.1 Å². The van der Waals surface area contributed by atoms with Crippen LogP contribution in [0.4, 0.5) is 10.1 Å². The molecule has 1 heterocycles. The van der Waals surface area contributed by atoms with Crippen LogP contribution >= 0.6 is 0 Å². The summed E-state index contributed by atoms with van der Waals surface area (Å²) >= 11 is 0. The molecule has 19 heavy (non-hydrogen) atoms. The summed E-state index contributed by atoms with van der Waals surface area (Å²) in [7, 11) is 6.14. The third-order valence-electron chi connectivity index (χ3n) is 3.95. The zero-order chi connectivity index (χ0) is 13.8. The van der Waals surface area contributed by atoms with E-state index in [1.54, 1.807) is 12.1 Å². The minimum Gasteiger partial charge on any atom is -0.369 e. The van der Waals surface area contributed by atoms with Gasteiger partial charge in [-0.2, -0.15) is 0 Å². The first-order chi connectivity index (χ1) is 9.13. The van der Waals surface area contributed by atoms with Crippen molar-refractivity contribution in [2.24, 2.45) is 0 Å². The van der Waals surface area contributed by atoms with E-state index >= 15 is 0 Å². The molecule has 4 heteroatoms. The second-order valence-corrected chi connectivity index (χ2v) is 5.46. The van der Waals surface area contributed by atoms with E-state index in [9.17, 15) is 4.39 Å². The number of para-hydroxylation sites is 1. The highest BCUT2D eigenvalue weighted by Crippen LogP contribution is 2.28. The molecule has 0 aromatic heterocycles.